The Morgan fingerprint density at radius 2 is 2.00 bits per heavy atom. The first kappa shape index (κ1) is 12.0. The molecular weight excluding hydrogens is 362 g/mol. The van der Waals surface area contributed by atoms with Crippen molar-refractivity contribution in [2.75, 3.05) is 0 Å². The quantitative estimate of drug-likeness (QED) is 0.571. The largest absolute Gasteiger partial charge is 0.453 e. The van der Waals surface area contributed by atoms with Crippen LogP contribution >= 0.6 is 45.8 Å². The van der Waals surface area contributed by atoms with Crippen molar-refractivity contribution in [1.29, 1.82) is 0 Å². The van der Waals surface area contributed by atoms with Gasteiger partial charge in [0.1, 0.15) is 5.76 Å². The molecule has 5 heteroatoms. The summed E-state index contributed by atoms with van der Waals surface area (Å²) in [6, 6.07) is 6.74. The molecule has 2 rings (SSSR count). The molecule has 2 aromatic rings. The van der Waals surface area contributed by atoms with Gasteiger partial charge in [-0.1, -0.05) is 23.2 Å². The second-order valence-electron chi connectivity index (χ2n) is 3.06. The highest BCUT2D eigenvalue weighted by Gasteiger charge is 2.13. The fourth-order valence-corrected chi connectivity index (χ4v) is 3.15. The first-order valence-corrected chi connectivity index (χ1v) is 6.15. The molecule has 0 spiro atoms. The number of halogens is 3. The summed E-state index contributed by atoms with van der Waals surface area (Å²) in [5, 5.41) is 1.07. The van der Waals surface area contributed by atoms with E-state index in [9.17, 15) is 4.79 Å². The van der Waals surface area contributed by atoms with Gasteiger partial charge < -0.3 is 4.42 Å². The van der Waals surface area contributed by atoms with E-state index >= 15 is 0 Å². The Bertz CT molecular complexity index is 526. The molecule has 0 saturated carbocycles. The van der Waals surface area contributed by atoms with Crippen molar-refractivity contribution in [2.24, 2.45) is 0 Å². The minimum atomic E-state index is 0.275. The van der Waals surface area contributed by atoms with Gasteiger partial charge in [0, 0.05) is 14.2 Å². The number of rotatable bonds is 2. The Morgan fingerprint density at radius 3 is 2.56 bits per heavy atom. The molecule has 0 aliphatic heterocycles. The molecule has 1 aromatic heterocycles. The van der Waals surface area contributed by atoms with E-state index in [4.69, 9.17) is 27.6 Å². The second kappa shape index (κ2) is 4.77. The SMILES string of the molecule is O=Cc1ccc(-c2c(Cl)cc(Cl)cc2I)o1. The van der Waals surface area contributed by atoms with E-state index in [0.717, 1.165) is 9.13 Å². The minimum Gasteiger partial charge on any atom is -0.453 e. The van der Waals surface area contributed by atoms with Crippen LogP contribution in [0.4, 0.5) is 0 Å². The molecule has 1 aromatic carbocycles. The molecule has 16 heavy (non-hydrogen) atoms. The number of carbonyl (C=O) groups excluding carboxylic acids is 1. The Kier molecular flexibility index (Phi) is 3.56. The highest BCUT2D eigenvalue weighted by Crippen LogP contribution is 2.35. The highest BCUT2D eigenvalue weighted by molar-refractivity contribution is 14.1. The Balaban J connectivity index is 2.59. The summed E-state index contributed by atoms with van der Waals surface area (Å²) >= 11 is 14.1. The number of furan rings is 1. The maximum absolute atomic E-state index is 10.5. The zero-order valence-corrected chi connectivity index (χ0v) is 11.5. The molecule has 1 heterocycles. The van der Waals surface area contributed by atoms with Gasteiger partial charge in [0.15, 0.2) is 12.0 Å². The van der Waals surface area contributed by atoms with Crippen LogP contribution in [0.2, 0.25) is 10.0 Å². The van der Waals surface area contributed by atoms with Crippen LogP contribution in [0.15, 0.2) is 28.7 Å². The summed E-state index contributed by atoms with van der Waals surface area (Å²) in [5.74, 6) is 0.838. The molecular formula is C11H5Cl2IO2. The van der Waals surface area contributed by atoms with Crippen LogP contribution in [0, 0.1) is 3.57 Å². The second-order valence-corrected chi connectivity index (χ2v) is 5.07. The van der Waals surface area contributed by atoms with Crippen molar-refractivity contribution in [3.8, 4) is 11.3 Å². The van der Waals surface area contributed by atoms with E-state index in [1.54, 1.807) is 24.3 Å². The monoisotopic (exact) mass is 366 g/mol. The molecule has 0 aliphatic rings. The molecule has 0 N–H and O–H groups in total. The van der Waals surface area contributed by atoms with Crippen LogP contribution in [0.25, 0.3) is 11.3 Å². The number of carbonyl (C=O) groups is 1. The third-order valence-electron chi connectivity index (χ3n) is 2.00. The lowest BCUT2D eigenvalue weighted by atomic mass is 10.2. The van der Waals surface area contributed by atoms with Crippen molar-refractivity contribution in [3.63, 3.8) is 0 Å². The summed E-state index contributed by atoms with van der Waals surface area (Å²) in [6.07, 6.45) is 0.653. The van der Waals surface area contributed by atoms with Crippen LogP contribution in [0.3, 0.4) is 0 Å². The van der Waals surface area contributed by atoms with Gasteiger partial charge >= 0.3 is 0 Å². The molecule has 0 saturated heterocycles. The van der Waals surface area contributed by atoms with Crippen molar-refractivity contribution >= 4 is 52.1 Å². The Morgan fingerprint density at radius 1 is 1.25 bits per heavy atom. The van der Waals surface area contributed by atoms with E-state index in [1.165, 1.54) is 0 Å². The fourth-order valence-electron chi connectivity index (χ4n) is 1.33. The Hall–Kier alpha value is -0.520. The lowest BCUT2D eigenvalue weighted by molar-refractivity contribution is 0.110. The maximum atomic E-state index is 10.5. The average molecular weight is 367 g/mol. The van der Waals surface area contributed by atoms with E-state index in [-0.39, 0.29) is 5.76 Å². The maximum Gasteiger partial charge on any atom is 0.185 e. The topological polar surface area (TPSA) is 30.2 Å². The van der Waals surface area contributed by atoms with Crippen LogP contribution in [0.1, 0.15) is 10.6 Å². The van der Waals surface area contributed by atoms with E-state index < -0.39 is 0 Å². The molecule has 2 nitrogen and oxygen atoms in total. The summed E-state index contributed by atoms with van der Waals surface area (Å²) in [7, 11) is 0. The smallest absolute Gasteiger partial charge is 0.185 e. The number of aldehydes is 1. The van der Waals surface area contributed by atoms with Crippen molar-refractivity contribution in [2.45, 2.75) is 0 Å². The fraction of sp³-hybridized carbons (Fsp3) is 0. The van der Waals surface area contributed by atoms with Crippen LogP contribution in [0.5, 0.6) is 0 Å². The first-order chi connectivity index (χ1) is 7.61. The van der Waals surface area contributed by atoms with E-state index in [1.807, 2.05) is 0 Å². The van der Waals surface area contributed by atoms with Gasteiger partial charge in [0.05, 0.1) is 5.02 Å². The van der Waals surface area contributed by atoms with Gasteiger partial charge in [-0.25, -0.2) is 0 Å². The van der Waals surface area contributed by atoms with Gasteiger partial charge in [-0.15, -0.1) is 0 Å². The van der Waals surface area contributed by atoms with E-state index in [0.29, 0.717) is 22.1 Å². The summed E-state index contributed by atoms with van der Waals surface area (Å²) in [5.41, 5.74) is 0.750. The molecule has 0 radical (unpaired) electrons. The van der Waals surface area contributed by atoms with Crippen LogP contribution in [-0.4, -0.2) is 6.29 Å². The predicted molar refractivity (Wildman–Crippen MR) is 72.3 cm³/mol. The van der Waals surface area contributed by atoms with Crippen molar-refractivity contribution < 1.29 is 9.21 Å². The van der Waals surface area contributed by atoms with Crippen LogP contribution in [-0.2, 0) is 0 Å². The van der Waals surface area contributed by atoms with Gasteiger partial charge in [-0.3, -0.25) is 4.79 Å². The predicted octanol–water partition coefficient (Wildman–Crippen LogP) is 4.67. The van der Waals surface area contributed by atoms with Crippen molar-refractivity contribution in [3.05, 3.63) is 43.6 Å². The van der Waals surface area contributed by atoms with Gasteiger partial charge in [-0.2, -0.15) is 0 Å². The molecule has 0 fully saturated rings. The molecule has 0 unspecified atom stereocenters. The van der Waals surface area contributed by atoms with Gasteiger partial charge in [-0.05, 0) is 46.9 Å². The lowest BCUT2D eigenvalue weighted by Crippen LogP contribution is -1.83. The molecule has 0 aliphatic carbocycles. The third-order valence-corrected chi connectivity index (χ3v) is 3.36. The minimum absolute atomic E-state index is 0.275. The first-order valence-electron chi connectivity index (χ1n) is 4.31. The highest BCUT2D eigenvalue weighted by atomic mass is 127. The van der Waals surface area contributed by atoms with E-state index in [2.05, 4.69) is 22.6 Å². The van der Waals surface area contributed by atoms with Crippen LogP contribution < -0.4 is 0 Å². The molecule has 0 amide bonds. The summed E-state index contributed by atoms with van der Waals surface area (Å²) < 4.78 is 6.20. The number of hydrogen-bond donors (Lipinski definition) is 0. The Labute approximate surface area is 116 Å². The number of hydrogen-bond acceptors (Lipinski definition) is 2. The zero-order chi connectivity index (χ0) is 11.7. The number of benzene rings is 1. The van der Waals surface area contributed by atoms with Gasteiger partial charge in [0.25, 0.3) is 0 Å². The van der Waals surface area contributed by atoms with Gasteiger partial charge in [0.2, 0.25) is 0 Å². The molecule has 0 atom stereocenters. The lowest BCUT2D eigenvalue weighted by Gasteiger charge is -2.04. The third kappa shape index (κ3) is 2.26. The normalized spacial score (nSPS) is 10.4. The summed E-state index contributed by atoms with van der Waals surface area (Å²) in [4.78, 5) is 10.5. The average Bonchev–Trinajstić information content (AvgIpc) is 2.64. The molecule has 0 bridgehead atoms. The standard InChI is InChI=1S/C11H5Cl2IO2/c12-6-3-8(13)11(9(14)4-6)10-2-1-7(5-15)16-10/h1-5H. The molecule has 82 valence electrons. The zero-order valence-electron chi connectivity index (χ0n) is 7.84. The van der Waals surface area contributed by atoms with Crippen molar-refractivity contribution in [1.82, 2.24) is 0 Å². The summed E-state index contributed by atoms with van der Waals surface area (Å²) in [6.45, 7) is 0.